The number of hydrogen-bond donors (Lipinski definition) is 2. The highest BCUT2D eigenvalue weighted by Crippen LogP contribution is 2.23. The molecular formula is C23H29FN2O4S. The predicted octanol–water partition coefficient (Wildman–Crippen LogP) is 4.28. The maximum Gasteiger partial charge on any atom is 0.290 e. The van der Waals surface area contributed by atoms with Crippen LogP contribution in [-0.4, -0.2) is 55.3 Å². The molecule has 2 rings (SSSR count). The summed E-state index contributed by atoms with van der Waals surface area (Å²) in [7, 11) is 1.64. The van der Waals surface area contributed by atoms with Gasteiger partial charge in [0.2, 0.25) is 0 Å². The smallest absolute Gasteiger partial charge is 0.290 e. The Morgan fingerprint density at radius 2 is 2.29 bits per heavy atom. The monoisotopic (exact) mass is 448 g/mol. The summed E-state index contributed by atoms with van der Waals surface area (Å²) in [6, 6.07) is 5.08. The van der Waals surface area contributed by atoms with Gasteiger partial charge in [0.15, 0.2) is 0 Å². The number of aryl methyl sites for hydroxylation is 1. The van der Waals surface area contributed by atoms with Crippen LogP contribution >= 0.6 is 11.8 Å². The molecule has 0 aromatic heterocycles. The molecule has 31 heavy (non-hydrogen) atoms. The molecule has 168 valence electrons. The lowest BCUT2D eigenvalue weighted by atomic mass is 10.2. The van der Waals surface area contributed by atoms with Gasteiger partial charge in [-0.2, -0.15) is 0 Å². The Morgan fingerprint density at radius 3 is 3.00 bits per heavy atom. The lowest BCUT2D eigenvalue weighted by Gasteiger charge is -2.11. The van der Waals surface area contributed by atoms with Crippen LogP contribution in [-0.2, 0) is 14.3 Å². The minimum absolute atomic E-state index is 0.222. The number of halogens is 1. The maximum absolute atomic E-state index is 13.3. The summed E-state index contributed by atoms with van der Waals surface area (Å²) in [4.78, 5) is 13.1. The summed E-state index contributed by atoms with van der Waals surface area (Å²) < 4.78 is 24.0. The van der Waals surface area contributed by atoms with E-state index in [1.807, 2.05) is 19.1 Å². The first kappa shape index (κ1) is 26.3. The van der Waals surface area contributed by atoms with Crippen molar-refractivity contribution in [3.05, 3.63) is 53.6 Å². The van der Waals surface area contributed by atoms with Gasteiger partial charge in [-0.05, 0) is 37.1 Å². The van der Waals surface area contributed by atoms with Crippen molar-refractivity contribution in [2.24, 2.45) is 4.99 Å². The lowest BCUT2D eigenvalue weighted by Crippen LogP contribution is -2.12. The number of carbonyl (C=O) groups is 1. The van der Waals surface area contributed by atoms with Gasteiger partial charge in [-0.1, -0.05) is 18.1 Å². The Morgan fingerprint density at radius 1 is 1.52 bits per heavy atom. The molecule has 0 saturated heterocycles. The van der Waals surface area contributed by atoms with Crippen molar-refractivity contribution in [2.75, 3.05) is 37.9 Å². The molecule has 0 aliphatic carbocycles. The minimum atomic E-state index is -0.250. The summed E-state index contributed by atoms with van der Waals surface area (Å²) in [5, 5.41) is 11.3. The van der Waals surface area contributed by atoms with Crippen LogP contribution in [0.1, 0.15) is 18.4 Å². The van der Waals surface area contributed by atoms with Crippen LogP contribution < -0.4 is 5.32 Å². The molecule has 1 aromatic rings. The highest BCUT2D eigenvalue weighted by molar-refractivity contribution is 8.14. The average Bonchev–Trinajstić information content (AvgIpc) is 3.19. The number of methoxy groups -OCH3 is 1. The van der Waals surface area contributed by atoms with Crippen LogP contribution in [0.4, 0.5) is 10.1 Å². The van der Waals surface area contributed by atoms with Crippen molar-refractivity contribution in [3.8, 4) is 12.3 Å². The third-order valence-corrected chi connectivity index (χ3v) is 5.31. The molecule has 1 aliphatic heterocycles. The highest BCUT2D eigenvalue weighted by atomic mass is 32.2. The van der Waals surface area contributed by atoms with E-state index in [0.717, 1.165) is 41.4 Å². The number of ether oxygens (including phenoxy) is 2. The minimum Gasteiger partial charge on any atom is -0.493 e. The number of rotatable bonds is 11. The number of hydrogen-bond acceptors (Lipinski definition) is 6. The zero-order valence-corrected chi connectivity index (χ0v) is 18.7. The van der Waals surface area contributed by atoms with E-state index in [-0.39, 0.29) is 18.3 Å². The molecule has 8 heteroatoms. The standard InChI is InChI=1S/C22H27FN2O2S.CH2O2/c1-4-6-20(7-5-13-26-3)27-14-11-22-25-19(16-28-22)10-12-24-21-15-18(23)9-8-17(21)2;2-1-3/h1,5-9,15,19,24H,10-14,16H2,2-3H3;1H,(H,2,3)/b7-5-,20-6+;. The lowest BCUT2D eigenvalue weighted by molar-refractivity contribution is -0.122. The molecule has 0 radical (unpaired) electrons. The predicted molar refractivity (Wildman–Crippen MR) is 125 cm³/mol. The van der Waals surface area contributed by atoms with Crippen molar-refractivity contribution in [1.29, 1.82) is 0 Å². The van der Waals surface area contributed by atoms with Crippen molar-refractivity contribution in [2.45, 2.75) is 25.8 Å². The van der Waals surface area contributed by atoms with Gasteiger partial charge in [-0.25, -0.2) is 4.39 Å². The van der Waals surface area contributed by atoms with Crippen molar-refractivity contribution in [1.82, 2.24) is 0 Å². The number of terminal acetylenes is 1. The number of anilines is 1. The molecule has 1 atom stereocenters. The third-order valence-electron chi connectivity index (χ3n) is 4.12. The van der Waals surface area contributed by atoms with E-state index in [0.29, 0.717) is 19.0 Å². The summed E-state index contributed by atoms with van der Waals surface area (Å²) >= 11 is 1.77. The van der Waals surface area contributed by atoms with Crippen molar-refractivity contribution in [3.63, 3.8) is 0 Å². The number of nitrogens with one attached hydrogen (secondary N) is 1. The Bertz CT molecular complexity index is 818. The molecule has 1 unspecified atom stereocenters. The molecule has 0 bridgehead atoms. The van der Waals surface area contributed by atoms with Crippen LogP contribution in [0, 0.1) is 25.1 Å². The first-order chi connectivity index (χ1) is 15.0. The Kier molecular flexibility index (Phi) is 13.6. The average molecular weight is 449 g/mol. The normalized spacial score (nSPS) is 15.6. The fourth-order valence-electron chi connectivity index (χ4n) is 2.65. The summed E-state index contributed by atoms with van der Waals surface area (Å²) in [6.07, 6.45) is 12.3. The van der Waals surface area contributed by atoms with E-state index >= 15 is 0 Å². The van der Waals surface area contributed by atoms with Gasteiger partial charge < -0.3 is 19.9 Å². The summed E-state index contributed by atoms with van der Waals surface area (Å²) in [5.74, 6) is 3.88. The second-order valence-electron chi connectivity index (χ2n) is 6.44. The van der Waals surface area contributed by atoms with E-state index < -0.39 is 0 Å². The van der Waals surface area contributed by atoms with Crippen LogP contribution in [0.3, 0.4) is 0 Å². The molecule has 0 fully saturated rings. The number of thioether (sulfide) groups is 1. The number of nitrogens with zero attached hydrogens (tertiary/aromatic N) is 1. The van der Waals surface area contributed by atoms with E-state index in [4.69, 9.17) is 30.8 Å². The third kappa shape index (κ3) is 11.3. The molecule has 1 aromatic carbocycles. The number of carboxylic acid groups (broad SMARTS) is 1. The molecule has 0 saturated carbocycles. The Balaban J connectivity index is 0.00000151. The van der Waals surface area contributed by atoms with E-state index in [1.165, 1.54) is 12.1 Å². The van der Waals surface area contributed by atoms with Gasteiger partial charge in [0, 0.05) is 37.6 Å². The first-order valence-corrected chi connectivity index (χ1v) is 10.7. The van der Waals surface area contributed by atoms with Gasteiger partial charge in [0.25, 0.3) is 6.47 Å². The van der Waals surface area contributed by atoms with Crippen LogP contribution in [0.15, 0.2) is 47.2 Å². The zero-order valence-electron chi connectivity index (χ0n) is 17.8. The Labute approximate surface area is 187 Å². The molecule has 0 amide bonds. The SMILES string of the molecule is C#C/C=C(\C=C/COC)OCCC1=NC(CCNc2cc(F)ccc2C)CS1.O=CO. The molecule has 1 aliphatic rings. The van der Waals surface area contributed by atoms with Gasteiger partial charge in [-0.3, -0.25) is 9.79 Å². The van der Waals surface area contributed by atoms with Crippen LogP contribution in [0.5, 0.6) is 0 Å². The summed E-state index contributed by atoms with van der Waals surface area (Å²) in [5.41, 5.74) is 1.89. The van der Waals surface area contributed by atoms with E-state index in [9.17, 15) is 4.39 Å². The molecule has 1 heterocycles. The molecular weight excluding hydrogens is 419 g/mol. The zero-order chi connectivity index (χ0) is 22.9. The fraction of sp³-hybridized carbons (Fsp3) is 0.391. The topological polar surface area (TPSA) is 80.2 Å². The highest BCUT2D eigenvalue weighted by Gasteiger charge is 2.17. The van der Waals surface area contributed by atoms with Crippen LogP contribution in [0.2, 0.25) is 0 Å². The first-order valence-electron chi connectivity index (χ1n) is 9.76. The molecule has 2 N–H and O–H groups in total. The van der Waals surface area contributed by atoms with Crippen molar-refractivity contribution >= 4 is 29.0 Å². The van der Waals surface area contributed by atoms with Crippen LogP contribution in [0.25, 0.3) is 0 Å². The largest absolute Gasteiger partial charge is 0.493 e. The second-order valence-corrected chi connectivity index (χ2v) is 7.53. The molecule has 0 spiro atoms. The molecule has 6 nitrogen and oxygen atoms in total. The van der Waals surface area contributed by atoms with E-state index in [1.54, 1.807) is 31.0 Å². The van der Waals surface area contributed by atoms with Gasteiger partial charge in [0.1, 0.15) is 11.6 Å². The maximum atomic E-state index is 13.3. The van der Waals surface area contributed by atoms with Crippen molar-refractivity contribution < 1.29 is 23.8 Å². The van der Waals surface area contributed by atoms with E-state index in [2.05, 4.69) is 11.2 Å². The number of aliphatic imine (C=N–C) groups is 1. The number of allylic oxidation sites excluding steroid dienone is 2. The Hall–Kier alpha value is -2.76. The van der Waals surface area contributed by atoms with Gasteiger partial charge in [0.05, 0.1) is 24.3 Å². The fourth-order valence-corrected chi connectivity index (χ4v) is 3.73. The second kappa shape index (κ2) is 16.0. The van der Waals surface area contributed by atoms with Gasteiger partial charge in [-0.15, -0.1) is 18.2 Å². The quantitative estimate of drug-likeness (QED) is 0.228. The summed E-state index contributed by atoms with van der Waals surface area (Å²) in [6.45, 7) is 3.53. The van der Waals surface area contributed by atoms with Gasteiger partial charge >= 0.3 is 0 Å². The number of benzene rings is 1.